The van der Waals surface area contributed by atoms with Gasteiger partial charge in [-0.2, -0.15) is 5.10 Å². The molecule has 1 aliphatic rings. The zero-order valence-corrected chi connectivity index (χ0v) is 14.3. The van der Waals surface area contributed by atoms with Crippen LogP contribution in [0, 0.1) is 12.8 Å². The summed E-state index contributed by atoms with van der Waals surface area (Å²) < 4.78 is 1.77. The topological polar surface area (TPSA) is 46.9 Å². The second-order valence-corrected chi connectivity index (χ2v) is 6.81. The molecule has 0 radical (unpaired) electrons. The van der Waals surface area contributed by atoms with E-state index in [1.807, 2.05) is 31.2 Å². The van der Waals surface area contributed by atoms with E-state index in [2.05, 4.69) is 17.3 Å². The number of halogens is 1. The van der Waals surface area contributed by atoms with Gasteiger partial charge >= 0.3 is 0 Å². The molecule has 0 saturated heterocycles. The smallest absolute Gasteiger partial charge is 0.254 e. The lowest BCUT2D eigenvalue weighted by atomic mass is 9.86. The van der Waals surface area contributed by atoms with Gasteiger partial charge in [-0.15, -0.1) is 0 Å². The van der Waals surface area contributed by atoms with Crippen LogP contribution in [0.5, 0.6) is 0 Å². The van der Waals surface area contributed by atoms with Crippen molar-refractivity contribution >= 4 is 17.5 Å². The molecule has 2 aromatic rings. The van der Waals surface area contributed by atoms with Crippen LogP contribution in [0.15, 0.2) is 30.5 Å². The molecule has 4 nitrogen and oxygen atoms in total. The van der Waals surface area contributed by atoms with Crippen molar-refractivity contribution in [2.24, 2.45) is 5.92 Å². The van der Waals surface area contributed by atoms with Crippen molar-refractivity contribution < 1.29 is 4.79 Å². The third-order valence-electron chi connectivity index (χ3n) is 4.75. The van der Waals surface area contributed by atoms with Gasteiger partial charge in [0.2, 0.25) is 0 Å². The van der Waals surface area contributed by atoms with Crippen molar-refractivity contribution in [1.82, 2.24) is 15.1 Å². The van der Waals surface area contributed by atoms with Crippen molar-refractivity contribution in [2.45, 2.75) is 45.6 Å². The molecular weight excluding hydrogens is 310 g/mol. The van der Waals surface area contributed by atoms with Gasteiger partial charge in [0, 0.05) is 11.1 Å². The fraction of sp³-hybridized carbons (Fsp3) is 0.444. The fourth-order valence-electron chi connectivity index (χ4n) is 3.25. The molecule has 1 saturated carbocycles. The van der Waals surface area contributed by atoms with Gasteiger partial charge in [0.05, 0.1) is 23.1 Å². The van der Waals surface area contributed by atoms with Crippen molar-refractivity contribution in [1.29, 1.82) is 0 Å². The van der Waals surface area contributed by atoms with Gasteiger partial charge in [0.1, 0.15) is 0 Å². The molecule has 122 valence electrons. The van der Waals surface area contributed by atoms with E-state index < -0.39 is 0 Å². The van der Waals surface area contributed by atoms with Crippen molar-refractivity contribution in [2.75, 3.05) is 0 Å². The number of amides is 1. The maximum atomic E-state index is 12.6. The van der Waals surface area contributed by atoms with Crippen molar-refractivity contribution in [3.05, 3.63) is 46.7 Å². The molecule has 5 heteroatoms. The molecule has 23 heavy (non-hydrogen) atoms. The molecule has 0 aliphatic heterocycles. The number of benzene rings is 1. The summed E-state index contributed by atoms with van der Waals surface area (Å²) in [6, 6.07) is 7.71. The summed E-state index contributed by atoms with van der Waals surface area (Å²) >= 11 is 5.92. The predicted molar refractivity (Wildman–Crippen MR) is 92.2 cm³/mol. The Morgan fingerprint density at radius 1 is 1.26 bits per heavy atom. The Morgan fingerprint density at radius 2 is 1.96 bits per heavy atom. The van der Waals surface area contributed by atoms with Crippen molar-refractivity contribution in [3.63, 3.8) is 0 Å². The summed E-state index contributed by atoms with van der Waals surface area (Å²) in [4.78, 5) is 12.6. The van der Waals surface area contributed by atoms with E-state index in [4.69, 9.17) is 11.6 Å². The second kappa shape index (κ2) is 6.75. The molecular formula is C18H22ClN3O. The summed E-state index contributed by atoms with van der Waals surface area (Å²) in [6.45, 7) is 4.13. The average molecular weight is 332 g/mol. The number of carbonyl (C=O) groups excluding carboxylic acids is 1. The van der Waals surface area contributed by atoms with E-state index in [0.717, 1.165) is 17.8 Å². The zero-order valence-electron chi connectivity index (χ0n) is 13.6. The number of nitrogens with zero attached hydrogens (tertiary/aromatic N) is 2. The maximum absolute atomic E-state index is 12.6. The molecule has 2 atom stereocenters. The van der Waals surface area contributed by atoms with Gasteiger partial charge in [-0.25, -0.2) is 4.68 Å². The highest BCUT2D eigenvalue weighted by atomic mass is 35.5. The van der Waals surface area contributed by atoms with Gasteiger partial charge in [-0.1, -0.05) is 31.4 Å². The lowest BCUT2D eigenvalue weighted by Gasteiger charge is -2.29. The fourth-order valence-corrected chi connectivity index (χ4v) is 3.38. The summed E-state index contributed by atoms with van der Waals surface area (Å²) in [5.74, 6) is 0.515. The quantitative estimate of drug-likeness (QED) is 0.918. The first-order valence-electron chi connectivity index (χ1n) is 8.17. The summed E-state index contributed by atoms with van der Waals surface area (Å²) in [6.07, 6.45) is 6.36. The van der Waals surface area contributed by atoms with Crippen LogP contribution in [0.1, 0.15) is 48.7 Å². The van der Waals surface area contributed by atoms with E-state index in [1.54, 1.807) is 10.9 Å². The van der Waals surface area contributed by atoms with E-state index in [9.17, 15) is 4.79 Å². The highest BCUT2D eigenvalue weighted by Crippen LogP contribution is 2.24. The van der Waals surface area contributed by atoms with E-state index in [-0.39, 0.29) is 11.9 Å². The lowest BCUT2D eigenvalue weighted by molar-refractivity contribution is 0.0909. The molecule has 1 N–H and O–H groups in total. The monoisotopic (exact) mass is 331 g/mol. The molecule has 1 aliphatic carbocycles. The van der Waals surface area contributed by atoms with Crippen LogP contribution in [0.3, 0.4) is 0 Å². The minimum atomic E-state index is -0.0264. The highest BCUT2D eigenvalue weighted by Gasteiger charge is 2.24. The van der Waals surface area contributed by atoms with Crippen LogP contribution >= 0.6 is 11.6 Å². The molecule has 0 spiro atoms. The molecule has 3 rings (SSSR count). The zero-order chi connectivity index (χ0) is 16.4. The number of hydrogen-bond acceptors (Lipinski definition) is 2. The summed E-state index contributed by atoms with van der Waals surface area (Å²) in [7, 11) is 0. The van der Waals surface area contributed by atoms with Gasteiger partial charge in [0.15, 0.2) is 0 Å². The minimum Gasteiger partial charge on any atom is -0.349 e. The standard InChI is InChI=1S/C18H22ClN3O/c1-12-5-3-4-6-17(12)21-18(23)16-11-20-22(13(16)2)15-9-7-14(19)8-10-15/h7-12,17H,3-6H2,1-2H3,(H,21,23). The SMILES string of the molecule is Cc1c(C(=O)NC2CCCCC2C)cnn1-c1ccc(Cl)cc1. The first-order valence-corrected chi connectivity index (χ1v) is 8.55. The third-order valence-corrected chi connectivity index (χ3v) is 5.01. The highest BCUT2D eigenvalue weighted by molar-refractivity contribution is 6.30. The molecule has 0 bridgehead atoms. The van der Waals surface area contributed by atoms with E-state index in [1.165, 1.54) is 19.3 Å². The number of nitrogens with one attached hydrogen (secondary N) is 1. The molecule has 1 aromatic carbocycles. The normalized spacial score (nSPS) is 21.2. The number of rotatable bonds is 3. The van der Waals surface area contributed by atoms with Gasteiger partial charge in [-0.3, -0.25) is 4.79 Å². The van der Waals surface area contributed by atoms with Gasteiger partial charge < -0.3 is 5.32 Å². The van der Waals surface area contributed by atoms with Crippen LogP contribution in [0.2, 0.25) is 5.02 Å². The Balaban J connectivity index is 1.78. The third kappa shape index (κ3) is 3.42. The number of hydrogen-bond donors (Lipinski definition) is 1. The van der Waals surface area contributed by atoms with Gasteiger partial charge in [-0.05, 0) is 49.9 Å². The maximum Gasteiger partial charge on any atom is 0.254 e. The summed E-state index contributed by atoms with van der Waals surface area (Å²) in [5, 5.41) is 8.23. The molecule has 1 heterocycles. The van der Waals surface area contributed by atoms with Crippen LogP contribution in [-0.4, -0.2) is 21.7 Å². The van der Waals surface area contributed by atoms with Gasteiger partial charge in [0.25, 0.3) is 5.91 Å². The molecule has 2 unspecified atom stereocenters. The Labute approximate surface area is 141 Å². The Hall–Kier alpha value is -1.81. The van der Waals surface area contributed by atoms with Crippen LogP contribution in [0.4, 0.5) is 0 Å². The van der Waals surface area contributed by atoms with Crippen LogP contribution < -0.4 is 5.32 Å². The minimum absolute atomic E-state index is 0.0264. The summed E-state index contributed by atoms with van der Waals surface area (Å²) in [5.41, 5.74) is 2.38. The Bertz CT molecular complexity index is 693. The molecule has 1 amide bonds. The van der Waals surface area contributed by atoms with Crippen molar-refractivity contribution in [3.8, 4) is 5.69 Å². The first-order chi connectivity index (χ1) is 11.1. The Kier molecular flexibility index (Phi) is 4.71. The molecule has 1 aromatic heterocycles. The lowest BCUT2D eigenvalue weighted by Crippen LogP contribution is -2.41. The average Bonchev–Trinajstić information content (AvgIpc) is 2.92. The van der Waals surface area contributed by atoms with Crippen LogP contribution in [-0.2, 0) is 0 Å². The largest absolute Gasteiger partial charge is 0.349 e. The van der Waals surface area contributed by atoms with E-state index in [0.29, 0.717) is 16.5 Å². The number of carbonyl (C=O) groups is 1. The number of aromatic nitrogens is 2. The first kappa shape index (κ1) is 16.1. The Morgan fingerprint density at radius 3 is 2.65 bits per heavy atom. The van der Waals surface area contributed by atoms with Crippen LogP contribution in [0.25, 0.3) is 5.69 Å². The predicted octanol–water partition coefficient (Wildman–Crippen LogP) is 4.14. The molecule has 1 fully saturated rings. The van der Waals surface area contributed by atoms with E-state index >= 15 is 0 Å². The second-order valence-electron chi connectivity index (χ2n) is 6.37.